The van der Waals surface area contributed by atoms with Gasteiger partial charge in [-0.1, -0.05) is 0 Å². The molecule has 1 aromatic heterocycles. The lowest BCUT2D eigenvalue weighted by molar-refractivity contribution is 0.0678. The van der Waals surface area contributed by atoms with E-state index >= 15 is 0 Å². The highest BCUT2D eigenvalue weighted by Crippen LogP contribution is 2.23. The second kappa shape index (κ2) is 6.41. The first-order chi connectivity index (χ1) is 9.81. The Labute approximate surface area is 120 Å². The van der Waals surface area contributed by atoms with Crippen molar-refractivity contribution in [1.29, 1.82) is 0 Å². The Balaban J connectivity index is 1.57. The van der Waals surface area contributed by atoms with Gasteiger partial charge in [0.05, 0.1) is 24.2 Å². The van der Waals surface area contributed by atoms with Crippen LogP contribution < -0.4 is 15.4 Å². The van der Waals surface area contributed by atoms with Crippen LogP contribution in [0, 0.1) is 0 Å². The van der Waals surface area contributed by atoms with Crippen molar-refractivity contribution in [2.24, 2.45) is 5.73 Å². The van der Waals surface area contributed by atoms with Gasteiger partial charge < -0.3 is 20.1 Å². The first-order valence-corrected chi connectivity index (χ1v) is 7.51. The molecule has 5 heteroatoms. The monoisotopic (exact) mass is 277 g/mol. The minimum Gasteiger partial charge on any atom is -0.489 e. The first kappa shape index (κ1) is 13.6. The third kappa shape index (κ3) is 3.41. The largest absolute Gasteiger partial charge is 0.489 e. The van der Waals surface area contributed by atoms with Crippen molar-refractivity contribution in [2.45, 2.75) is 37.8 Å². The quantitative estimate of drug-likeness (QED) is 0.905. The lowest BCUT2D eigenvalue weighted by Crippen LogP contribution is -2.39. The summed E-state index contributed by atoms with van der Waals surface area (Å²) in [5.74, 6) is 0.827. The minimum atomic E-state index is 0.242. The predicted octanol–water partition coefficient (Wildman–Crippen LogP) is 1.57. The van der Waals surface area contributed by atoms with Gasteiger partial charge in [-0.25, -0.2) is 0 Å². The highest BCUT2D eigenvalue weighted by Gasteiger charge is 2.18. The van der Waals surface area contributed by atoms with E-state index in [1.807, 2.05) is 6.20 Å². The summed E-state index contributed by atoms with van der Waals surface area (Å²) in [4.78, 5) is 6.61. The van der Waals surface area contributed by atoms with E-state index < -0.39 is 0 Å². The lowest BCUT2D eigenvalue weighted by Gasteiger charge is -2.31. The fourth-order valence-electron chi connectivity index (χ4n) is 2.78. The number of pyridine rings is 1. The molecule has 2 aliphatic rings. The molecular formula is C15H23N3O2. The van der Waals surface area contributed by atoms with Crippen LogP contribution in [-0.2, 0) is 4.74 Å². The van der Waals surface area contributed by atoms with Gasteiger partial charge in [0.2, 0.25) is 0 Å². The van der Waals surface area contributed by atoms with Crippen molar-refractivity contribution in [1.82, 2.24) is 4.98 Å². The zero-order valence-electron chi connectivity index (χ0n) is 11.8. The molecule has 3 heterocycles. The third-order valence-corrected chi connectivity index (χ3v) is 4.06. The Morgan fingerprint density at radius 3 is 2.90 bits per heavy atom. The van der Waals surface area contributed by atoms with Crippen molar-refractivity contribution in [3.63, 3.8) is 0 Å². The molecule has 0 bridgehead atoms. The molecule has 2 aliphatic heterocycles. The average Bonchev–Trinajstić information content (AvgIpc) is 3.00. The minimum absolute atomic E-state index is 0.242. The third-order valence-electron chi connectivity index (χ3n) is 4.06. The topological polar surface area (TPSA) is 60.6 Å². The summed E-state index contributed by atoms with van der Waals surface area (Å²) in [6.45, 7) is 3.48. The van der Waals surface area contributed by atoms with Crippen LogP contribution in [-0.4, -0.2) is 43.4 Å². The van der Waals surface area contributed by atoms with Crippen LogP contribution in [0.3, 0.4) is 0 Å². The van der Waals surface area contributed by atoms with E-state index in [2.05, 4.69) is 16.0 Å². The molecule has 0 aliphatic carbocycles. The fraction of sp³-hybridized carbons (Fsp3) is 0.667. The molecule has 5 nitrogen and oxygen atoms in total. The Morgan fingerprint density at radius 2 is 2.15 bits per heavy atom. The molecule has 1 atom stereocenters. The Morgan fingerprint density at radius 1 is 1.30 bits per heavy atom. The van der Waals surface area contributed by atoms with Crippen LogP contribution in [0.25, 0.3) is 0 Å². The maximum Gasteiger partial charge on any atom is 0.139 e. The zero-order valence-corrected chi connectivity index (χ0v) is 11.8. The van der Waals surface area contributed by atoms with Gasteiger partial charge in [-0.2, -0.15) is 0 Å². The number of nitrogens with zero attached hydrogens (tertiary/aromatic N) is 2. The fourth-order valence-corrected chi connectivity index (χ4v) is 2.78. The van der Waals surface area contributed by atoms with Crippen molar-refractivity contribution >= 4 is 5.69 Å². The van der Waals surface area contributed by atoms with Crippen LogP contribution in [0.5, 0.6) is 5.75 Å². The van der Waals surface area contributed by atoms with Crippen molar-refractivity contribution in [3.05, 3.63) is 18.5 Å². The summed E-state index contributed by atoms with van der Waals surface area (Å²) in [5, 5.41) is 0. The molecule has 110 valence electrons. The molecule has 0 spiro atoms. The average molecular weight is 277 g/mol. The first-order valence-electron chi connectivity index (χ1n) is 7.51. The normalized spacial score (nSPS) is 24.1. The number of hydrogen-bond acceptors (Lipinski definition) is 5. The Bertz CT molecular complexity index is 427. The van der Waals surface area contributed by atoms with Gasteiger partial charge in [-0.3, -0.25) is 4.98 Å². The number of ether oxygens (including phenoxy) is 2. The summed E-state index contributed by atoms with van der Waals surface area (Å²) >= 11 is 0. The molecule has 0 saturated carbocycles. The van der Waals surface area contributed by atoms with Gasteiger partial charge in [-0.15, -0.1) is 0 Å². The number of hydrogen-bond donors (Lipinski definition) is 1. The second-order valence-corrected chi connectivity index (χ2v) is 5.65. The van der Waals surface area contributed by atoms with E-state index in [1.165, 1.54) is 0 Å². The van der Waals surface area contributed by atoms with Crippen LogP contribution in [0.2, 0.25) is 0 Å². The summed E-state index contributed by atoms with van der Waals surface area (Å²) in [5.41, 5.74) is 7.07. The van der Waals surface area contributed by atoms with Crippen molar-refractivity contribution in [3.8, 4) is 5.75 Å². The van der Waals surface area contributed by atoms with Gasteiger partial charge in [0, 0.05) is 31.8 Å². The van der Waals surface area contributed by atoms with Crippen LogP contribution in [0.4, 0.5) is 5.69 Å². The van der Waals surface area contributed by atoms with E-state index in [4.69, 9.17) is 15.2 Å². The number of anilines is 1. The second-order valence-electron chi connectivity index (χ2n) is 5.65. The van der Waals surface area contributed by atoms with Gasteiger partial charge >= 0.3 is 0 Å². The van der Waals surface area contributed by atoms with E-state index in [9.17, 15) is 0 Å². The smallest absolute Gasteiger partial charge is 0.139 e. The number of piperidine rings is 1. The molecule has 1 unspecified atom stereocenters. The van der Waals surface area contributed by atoms with E-state index in [0.29, 0.717) is 12.6 Å². The number of nitrogens with two attached hydrogens (primary N) is 1. The van der Waals surface area contributed by atoms with Gasteiger partial charge in [0.15, 0.2) is 0 Å². The maximum atomic E-state index is 5.94. The summed E-state index contributed by atoms with van der Waals surface area (Å²) in [6, 6.07) is 2.41. The SMILES string of the molecule is NC1CCN(c2cncc(OCC3CCCO3)c2)CC1. The van der Waals surface area contributed by atoms with Crippen LogP contribution in [0.1, 0.15) is 25.7 Å². The standard InChI is InChI=1S/C15H23N3O2/c16-12-3-5-18(6-4-12)13-8-15(10-17-9-13)20-11-14-2-1-7-19-14/h8-10,12,14H,1-7,11,16H2. The highest BCUT2D eigenvalue weighted by atomic mass is 16.5. The van der Waals surface area contributed by atoms with E-state index in [1.54, 1.807) is 6.20 Å². The van der Waals surface area contributed by atoms with Crippen LogP contribution in [0.15, 0.2) is 18.5 Å². The summed E-state index contributed by atoms with van der Waals surface area (Å²) in [6.07, 6.45) is 8.23. The maximum absolute atomic E-state index is 5.94. The van der Waals surface area contributed by atoms with Crippen molar-refractivity contribution < 1.29 is 9.47 Å². The molecule has 2 fully saturated rings. The molecule has 2 N–H and O–H groups in total. The highest BCUT2D eigenvalue weighted by molar-refractivity contribution is 5.48. The molecule has 20 heavy (non-hydrogen) atoms. The number of aromatic nitrogens is 1. The van der Waals surface area contributed by atoms with Crippen LogP contribution >= 0.6 is 0 Å². The van der Waals surface area contributed by atoms with E-state index in [0.717, 1.165) is 56.8 Å². The lowest BCUT2D eigenvalue weighted by atomic mass is 10.1. The van der Waals surface area contributed by atoms with Gasteiger partial charge in [0.1, 0.15) is 12.4 Å². The summed E-state index contributed by atoms with van der Waals surface area (Å²) in [7, 11) is 0. The molecule has 0 aromatic carbocycles. The molecular weight excluding hydrogens is 254 g/mol. The Hall–Kier alpha value is -1.33. The van der Waals surface area contributed by atoms with Crippen molar-refractivity contribution in [2.75, 3.05) is 31.2 Å². The molecule has 2 saturated heterocycles. The number of rotatable bonds is 4. The molecule has 0 amide bonds. The Kier molecular flexibility index (Phi) is 4.38. The molecule has 3 rings (SSSR count). The van der Waals surface area contributed by atoms with E-state index in [-0.39, 0.29) is 6.10 Å². The molecule has 1 aromatic rings. The summed E-state index contributed by atoms with van der Waals surface area (Å²) < 4.78 is 11.4. The predicted molar refractivity (Wildman–Crippen MR) is 78.1 cm³/mol. The molecule has 0 radical (unpaired) electrons. The zero-order chi connectivity index (χ0) is 13.8. The van der Waals surface area contributed by atoms with Gasteiger partial charge in [-0.05, 0) is 25.7 Å². The van der Waals surface area contributed by atoms with Gasteiger partial charge in [0.25, 0.3) is 0 Å².